The highest BCUT2D eigenvalue weighted by Gasteiger charge is 2.43. The van der Waals surface area contributed by atoms with Gasteiger partial charge in [0.2, 0.25) is 0 Å². The zero-order chi connectivity index (χ0) is 18.5. The molecule has 0 bridgehead atoms. The molecule has 2 heteroatoms. The van der Waals surface area contributed by atoms with Crippen LogP contribution in [0.2, 0.25) is 0 Å². The molecular weight excluding hydrogens is 332 g/mol. The second-order valence-corrected chi connectivity index (χ2v) is 7.09. The normalized spacial score (nSPS) is 19.0. The van der Waals surface area contributed by atoms with Crippen LogP contribution in [0.5, 0.6) is 0 Å². The summed E-state index contributed by atoms with van der Waals surface area (Å²) in [5.41, 5.74) is 2.76. The number of rotatable bonds is 8. The molecule has 4 rings (SSSR count). The average molecular weight is 358 g/mol. The van der Waals surface area contributed by atoms with E-state index in [9.17, 15) is 0 Å². The van der Waals surface area contributed by atoms with Gasteiger partial charge < -0.3 is 9.47 Å². The van der Waals surface area contributed by atoms with Crippen LogP contribution >= 0.6 is 0 Å². The lowest BCUT2D eigenvalue weighted by atomic mass is 9.80. The van der Waals surface area contributed by atoms with Crippen molar-refractivity contribution in [3.63, 3.8) is 0 Å². The van der Waals surface area contributed by atoms with Gasteiger partial charge in [0.25, 0.3) is 0 Å². The van der Waals surface area contributed by atoms with E-state index in [4.69, 9.17) is 9.47 Å². The molecule has 0 unspecified atom stereocenters. The number of hydrogen-bond donors (Lipinski definition) is 0. The standard InChI is InChI=1S/C25H26O2/c1-2-12-23-24(27-23)19-26-25(20-13-6-3-7-14-20,21-15-8-4-9-16-21)22-17-10-5-11-18-22/h3-11,13-18,23-24H,2,12,19H2,1H3/t23-,24-/m0/s1. The van der Waals surface area contributed by atoms with Gasteiger partial charge in [-0.3, -0.25) is 0 Å². The molecular formula is C25H26O2. The van der Waals surface area contributed by atoms with Crippen molar-refractivity contribution in [2.24, 2.45) is 0 Å². The summed E-state index contributed by atoms with van der Waals surface area (Å²) < 4.78 is 12.6. The van der Waals surface area contributed by atoms with E-state index < -0.39 is 5.60 Å². The van der Waals surface area contributed by atoms with Crippen LogP contribution in [0.15, 0.2) is 91.0 Å². The molecule has 0 radical (unpaired) electrons. The van der Waals surface area contributed by atoms with E-state index in [1.165, 1.54) is 0 Å². The van der Waals surface area contributed by atoms with E-state index in [2.05, 4.69) is 79.7 Å². The van der Waals surface area contributed by atoms with Crippen LogP contribution in [0, 0.1) is 0 Å². The van der Waals surface area contributed by atoms with Crippen LogP contribution in [0.25, 0.3) is 0 Å². The largest absolute Gasteiger partial charge is 0.367 e. The summed E-state index contributed by atoms with van der Waals surface area (Å²) in [5.74, 6) is 0. The first-order valence-corrected chi connectivity index (χ1v) is 9.80. The smallest absolute Gasteiger partial charge is 0.143 e. The predicted octanol–water partition coefficient (Wildman–Crippen LogP) is 5.56. The summed E-state index contributed by atoms with van der Waals surface area (Å²) in [6.45, 7) is 2.78. The van der Waals surface area contributed by atoms with Crippen molar-refractivity contribution in [1.29, 1.82) is 0 Å². The Morgan fingerprint density at radius 3 is 1.56 bits per heavy atom. The summed E-state index contributed by atoms with van der Waals surface area (Å²) in [4.78, 5) is 0. The van der Waals surface area contributed by atoms with Crippen molar-refractivity contribution in [1.82, 2.24) is 0 Å². The van der Waals surface area contributed by atoms with Gasteiger partial charge >= 0.3 is 0 Å². The van der Waals surface area contributed by atoms with Gasteiger partial charge in [-0.25, -0.2) is 0 Å². The summed E-state index contributed by atoms with van der Waals surface area (Å²) in [6, 6.07) is 31.5. The molecule has 2 nitrogen and oxygen atoms in total. The average Bonchev–Trinajstić information content (AvgIpc) is 3.49. The summed E-state index contributed by atoms with van der Waals surface area (Å²) in [7, 11) is 0. The van der Waals surface area contributed by atoms with Gasteiger partial charge in [-0.1, -0.05) is 104 Å². The second kappa shape index (κ2) is 8.08. The molecule has 1 heterocycles. The molecule has 0 saturated carbocycles. The minimum absolute atomic E-state index is 0.195. The highest BCUT2D eigenvalue weighted by Crippen LogP contribution is 2.41. The fourth-order valence-corrected chi connectivity index (χ4v) is 3.84. The molecule has 3 aromatic carbocycles. The summed E-state index contributed by atoms with van der Waals surface area (Å²) >= 11 is 0. The number of hydrogen-bond acceptors (Lipinski definition) is 2. The molecule has 1 saturated heterocycles. The molecule has 27 heavy (non-hydrogen) atoms. The minimum Gasteiger partial charge on any atom is -0.367 e. The first-order valence-electron chi connectivity index (χ1n) is 9.80. The second-order valence-electron chi connectivity index (χ2n) is 7.09. The van der Waals surface area contributed by atoms with Crippen LogP contribution in [-0.4, -0.2) is 18.8 Å². The van der Waals surface area contributed by atoms with Crippen LogP contribution in [-0.2, 0) is 15.1 Å². The van der Waals surface area contributed by atoms with E-state index in [0.29, 0.717) is 12.7 Å². The third-order valence-electron chi connectivity index (χ3n) is 5.27. The third-order valence-corrected chi connectivity index (χ3v) is 5.27. The van der Waals surface area contributed by atoms with Gasteiger partial charge in [0, 0.05) is 0 Å². The zero-order valence-corrected chi connectivity index (χ0v) is 15.8. The highest BCUT2D eigenvalue weighted by molar-refractivity contribution is 5.47. The van der Waals surface area contributed by atoms with Crippen molar-refractivity contribution in [3.8, 4) is 0 Å². The Labute approximate surface area is 161 Å². The van der Waals surface area contributed by atoms with Gasteiger partial charge in [-0.15, -0.1) is 0 Å². The Kier molecular flexibility index (Phi) is 5.38. The number of benzene rings is 3. The molecule has 1 aliphatic heterocycles. The van der Waals surface area contributed by atoms with Crippen LogP contribution < -0.4 is 0 Å². The van der Waals surface area contributed by atoms with Gasteiger partial charge in [0.1, 0.15) is 11.7 Å². The van der Waals surface area contributed by atoms with E-state index in [-0.39, 0.29) is 6.10 Å². The quantitative estimate of drug-likeness (QED) is 0.388. The van der Waals surface area contributed by atoms with Gasteiger partial charge in [-0.2, -0.15) is 0 Å². The van der Waals surface area contributed by atoms with E-state index in [0.717, 1.165) is 29.5 Å². The van der Waals surface area contributed by atoms with Crippen molar-refractivity contribution in [2.75, 3.05) is 6.61 Å². The zero-order valence-electron chi connectivity index (χ0n) is 15.8. The van der Waals surface area contributed by atoms with Gasteiger partial charge in [0.05, 0.1) is 12.7 Å². The predicted molar refractivity (Wildman–Crippen MR) is 109 cm³/mol. The minimum atomic E-state index is -0.646. The third kappa shape index (κ3) is 3.69. The van der Waals surface area contributed by atoms with Gasteiger partial charge in [0.15, 0.2) is 0 Å². The fourth-order valence-electron chi connectivity index (χ4n) is 3.84. The maximum absolute atomic E-state index is 6.76. The molecule has 0 amide bonds. The van der Waals surface area contributed by atoms with Gasteiger partial charge in [-0.05, 0) is 23.1 Å². The van der Waals surface area contributed by atoms with Crippen molar-refractivity contribution >= 4 is 0 Å². The summed E-state index contributed by atoms with van der Waals surface area (Å²) in [6.07, 6.45) is 2.78. The molecule has 2 atom stereocenters. The molecule has 1 fully saturated rings. The maximum atomic E-state index is 6.76. The van der Waals surface area contributed by atoms with Crippen LogP contribution in [0.4, 0.5) is 0 Å². The maximum Gasteiger partial charge on any atom is 0.143 e. The van der Waals surface area contributed by atoms with Crippen molar-refractivity contribution in [3.05, 3.63) is 108 Å². The first-order chi connectivity index (χ1) is 13.3. The van der Waals surface area contributed by atoms with E-state index in [1.807, 2.05) is 18.2 Å². The van der Waals surface area contributed by atoms with Crippen LogP contribution in [0.3, 0.4) is 0 Å². The highest BCUT2D eigenvalue weighted by atomic mass is 16.6. The molecule has 0 aromatic heterocycles. The molecule has 0 spiro atoms. The van der Waals surface area contributed by atoms with Crippen molar-refractivity contribution < 1.29 is 9.47 Å². The summed E-state index contributed by atoms with van der Waals surface area (Å²) in [5, 5.41) is 0. The Morgan fingerprint density at radius 2 is 1.15 bits per heavy atom. The SMILES string of the molecule is CCC[C@@H]1O[C@H]1COC(c1ccccc1)(c1ccccc1)c1ccccc1. The number of ether oxygens (including phenoxy) is 2. The Hall–Kier alpha value is -2.42. The lowest BCUT2D eigenvalue weighted by Crippen LogP contribution is -2.34. The van der Waals surface area contributed by atoms with E-state index >= 15 is 0 Å². The lowest BCUT2D eigenvalue weighted by molar-refractivity contribution is 0.00427. The first kappa shape index (κ1) is 18.0. The topological polar surface area (TPSA) is 21.8 Å². The molecule has 138 valence electrons. The monoisotopic (exact) mass is 358 g/mol. The molecule has 0 N–H and O–H groups in total. The molecule has 0 aliphatic carbocycles. The Morgan fingerprint density at radius 1 is 0.704 bits per heavy atom. The lowest BCUT2D eigenvalue weighted by Gasteiger charge is -2.35. The van der Waals surface area contributed by atoms with Crippen LogP contribution in [0.1, 0.15) is 36.5 Å². The van der Waals surface area contributed by atoms with Crippen molar-refractivity contribution in [2.45, 2.75) is 37.6 Å². The Balaban J connectivity index is 1.77. The van der Waals surface area contributed by atoms with E-state index in [1.54, 1.807) is 0 Å². The number of epoxide rings is 1. The molecule has 1 aliphatic rings. The molecule has 3 aromatic rings. The fraction of sp³-hybridized carbons (Fsp3) is 0.280. The Bertz CT molecular complexity index is 733.